The number of pyridine rings is 1. The van der Waals surface area contributed by atoms with Crippen molar-refractivity contribution in [2.75, 3.05) is 17.7 Å². The molecule has 1 heterocycles. The number of benzene rings is 1. The number of aliphatic hydroxyl groups is 1. The summed E-state index contributed by atoms with van der Waals surface area (Å²) in [6.07, 6.45) is 0. The first-order valence-electron chi connectivity index (χ1n) is 7.71. The number of nitrogen functional groups attached to an aromatic ring is 1. The Bertz CT molecular complexity index is 835. The van der Waals surface area contributed by atoms with E-state index in [4.69, 9.17) is 21.3 Å². The molecule has 136 valence electrons. The van der Waals surface area contributed by atoms with Crippen LogP contribution in [0.2, 0.25) is 0 Å². The zero-order valence-electron chi connectivity index (χ0n) is 14.2. The van der Waals surface area contributed by atoms with E-state index in [0.717, 1.165) is 0 Å². The summed E-state index contributed by atoms with van der Waals surface area (Å²) >= 11 is 0. The number of azo groups is 1. The fourth-order valence-corrected chi connectivity index (χ4v) is 1.78. The molecule has 0 bridgehead atoms. The van der Waals surface area contributed by atoms with Crippen LogP contribution < -0.4 is 21.5 Å². The van der Waals surface area contributed by atoms with Gasteiger partial charge in [-0.25, -0.2) is 4.98 Å². The molecule has 2 rings (SSSR count). The molecule has 0 radical (unpaired) electrons. The molecule has 0 saturated heterocycles. The average molecular weight is 356 g/mol. The topological polar surface area (TPSA) is 148 Å². The van der Waals surface area contributed by atoms with Crippen molar-refractivity contribution >= 4 is 28.9 Å². The number of nitrogens with zero attached hydrogens (tertiary/aromatic N) is 3. The molecule has 0 aliphatic carbocycles. The molecule has 1 atom stereocenters. The van der Waals surface area contributed by atoms with Crippen LogP contribution in [0, 0.1) is 0 Å². The van der Waals surface area contributed by atoms with E-state index < -0.39 is 6.04 Å². The molecule has 2 aromatic rings. The summed E-state index contributed by atoms with van der Waals surface area (Å²) in [5, 5.41) is 19.7. The number of aliphatic hydroxyl groups excluding tert-OH is 1. The number of rotatable bonds is 7. The van der Waals surface area contributed by atoms with Gasteiger partial charge in [-0.3, -0.25) is 4.79 Å². The minimum Gasteiger partial charge on any atom is -0.458 e. The van der Waals surface area contributed by atoms with E-state index in [1.807, 2.05) is 0 Å². The monoisotopic (exact) mass is 356 g/mol. The Hall–Kier alpha value is -3.30. The third-order valence-corrected chi connectivity index (χ3v) is 3.13. The minimum absolute atomic E-state index is 0.0920. The van der Waals surface area contributed by atoms with Crippen LogP contribution in [0.5, 0.6) is 5.75 Å². The van der Waals surface area contributed by atoms with Crippen LogP contribution in [0.25, 0.3) is 0 Å². The van der Waals surface area contributed by atoms with Crippen LogP contribution in [0.3, 0.4) is 0 Å². The van der Waals surface area contributed by atoms with E-state index in [0.29, 0.717) is 17.1 Å². The van der Waals surface area contributed by atoms with Gasteiger partial charge in [-0.15, -0.1) is 10.2 Å². The Morgan fingerprint density at radius 3 is 2.65 bits per heavy atom. The molecule has 1 amide bonds. The van der Waals surface area contributed by atoms with Crippen LogP contribution >= 0.6 is 0 Å². The maximum atomic E-state index is 11.6. The molecule has 0 saturated carbocycles. The quantitative estimate of drug-likeness (QED) is 0.441. The number of para-hydroxylation sites is 1. The van der Waals surface area contributed by atoms with Crippen molar-refractivity contribution < 1.29 is 14.6 Å². The number of nitrogens with two attached hydrogens (primary N) is 2. The number of anilines is 2. The molecule has 6 N–H and O–H groups in total. The van der Waals surface area contributed by atoms with Crippen molar-refractivity contribution in [1.82, 2.24) is 4.98 Å². The van der Waals surface area contributed by atoms with Gasteiger partial charge in [0.2, 0.25) is 5.91 Å². The molecule has 9 nitrogen and oxygen atoms in total. The number of amides is 1. The van der Waals surface area contributed by atoms with Crippen LogP contribution in [0.4, 0.5) is 23.0 Å². The Labute approximate surface area is 150 Å². The number of nitrogens with one attached hydrogen (secondary N) is 1. The standard InChI is InChI=1S/C17H20N6O3/c1-10(9-24)26-14-6-4-3-5-12(14)22-23-13-7-8-15(20-16(13)19)21-17(25)11(2)18/h3-8,11,24H,1,9,18H2,2H3,(H3,19,20,21,25)/t11-/m0/s1. The van der Waals surface area contributed by atoms with E-state index in [1.165, 1.54) is 0 Å². The summed E-state index contributed by atoms with van der Waals surface area (Å²) in [4.78, 5) is 15.6. The number of hydrogen-bond donors (Lipinski definition) is 4. The van der Waals surface area contributed by atoms with Gasteiger partial charge in [0.05, 0.1) is 6.04 Å². The van der Waals surface area contributed by atoms with Crippen molar-refractivity contribution in [2.45, 2.75) is 13.0 Å². The summed E-state index contributed by atoms with van der Waals surface area (Å²) in [5.41, 5.74) is 12.1. The molecular formula is C17H20N6O3. The Balaban J connectivity index is 2.18. The lowest BCUT2D eigenvalue weighted by molar-refractivity contribution is -0.117. The lowest BCUT2D eigenvalue weighted by atomic mass is 10.3. The lowest BCUT2D eigenvalue weighted by Gasteiger charge is -2.09. The van der Waals surface area contributed by atoms with Gasteiger partial charge in [0.1, 0.15) is 29.6 Å². The molecule has 1 aromatic carbocycles. The highest BCUT2D eigenvalue weighted by molar-refractivity contribution is 5.93. The van der Waals surface area contributed by atoms with Gasteiger partial charge >= 0.3 is 0 Å². The van der Waals surface area contributed by atoms with Crippen molar-refractivity contribution in [3.63, 3.8) is 0 Å². The highest BCUT2D eigenvalue weighted by Gasteiger charge is 2.10. The van der Waals surface area contributed by atoms with Crippen molar-refractivity contribution in [2.24, 2.45) is 16.0 Å². The fourth-order valence-electron chi connectivity index (χ4n) is 1.78. The largest absolute Gasteiger partial charge is 0.458 e. The van der Waals surface area contributed by atoms with Crippen molar-refractivity contribution in [3.05, 3.63) is 48.7 Å². The maximum Gasteiger partial charge on any atom is 0.242 e. The molecule has 26 heavy (non-hydrogen) atoms. The normalized spacial score (nSPS) is 12.0. The lowest BCUT2D eigenvalue weighted by Crippen LogP contribution is -2.32. The van der Waals surface area contributed by atoms with Gasteiger partial charge in [0.25, 0.3) is 0 Å². The number of aromatic nitrogens is 1. The predicted octanol–water partition coefficient (Wildman–Crippen LogP) is 2.25. The summed E-state index contributed by atoms with van der Waals surface area (Å²) in [5.74, 6) is 0.563. The molecule has 0 aliphatic heterocycles. The first-order chi connectivity index (χ1) is 12.4. The molecule has 1 aromatic heterocycles. The Kier molecular flexibility index (Phi) is 6.36. The third kappa shape index (κ3) is 5.10. The number of carbonyl (C=O) groups excluding carboxylic acids is 1. The second-order valence-corrected chi connectivity index (χ2v) is 5.35. The zero-order chi connectivity index (χ0) is 19.1. The zero-order valence-corrected chi connectivity index (χ0v) is 14.2. The van der Waals surface area contributed by atoms with E-state index in [1.54, 1.807) is 43.3 Å². The van der Waals surface area contributed by atoms with E-state index >= 15 is 0 Å². The summed E-state index contributed by atoms with van der Waals surface area (Å²) in [7, 11) is 0. The Morgan fingerprint density at radius 2 is 2.00 bits per heavy atom. The van der Waals surface area contributed by atoms with Gasteiger partial charge < -0.3 is 26.6 Å². The van der Waals surface area contributed by atoms with E-state index in [9.17, 15) is 4.79 Å². The molecule has 9 heteroatoms. The summed E-state index contributed by atoms with van der Waals surface area (Å²) in [6, 6.07) is 9.32. The smallest absolute Gasteiger partial charge is 0.242 e. The summed E-state index contributed by atoms with van der Waals surface area (Å²) < 4.78 is 5.39. The van der Waals surface area contributed by atoms with Gasteiger partial charge in [-0.05, 0) is 31.2 Å². The molecule has 0 fully saturated rings. The number of ether oxygens (including phenoxy) is 1. The predicted molar refractivity (Wildman–Crippen MR) is 98.4 cm³/mol. The first kappa shape index (κ1) is 19.0. The second kappa shape index (κ2) is 8.70. The molecule has 0 spiro atoms. The van der Waals surface area contributed by atoms with Crippen molar-refractivity contribution in [1.29, 1.82) is 0 Å². The molecular weight excluding hydrogens is 336 g/mol. The molecule has 0 unspecified atom stereocenters. The number of hydrogen-bond acceptors (Lipinski definition) is 8. The van der Waals surface area contributed by atoms with Gasteiger partial charge in [-0.1, -0.05) is 18.7 Å². The molecule has 0 aliphatic rings. The van der Waals surface area contributed by atoms with Crippen LogP contribution in [-0.4, -0.2) is 28.6 Å². The maximum absolute atomic E-state index is 11.6. The van der Waals surface area contributed by atoms with Gasteiger partial charge in [0, 0.05) is 0 Å². The van der Waals surface area contributed by atoms with Gasteiger partial charge in [-0.2, -0.15) is 0 Å². The SMILES string of the molecule is C=C(CO)Oc1ccccc1N=Nc1ccc(NC(=O)[C@H](C)N)nc1N. The highest BCUT2D eigenvalue weighted by Crippen LogP contribution is 2.31. The van der Waals surface area contributed by atoms with Crippen LogP contribution in [0.1, 0.15) is 6.92 Å². The fraction of sp³-hybridized carbons (Fsp3) is 0.176. The van der Waals surface area contributed by atoms with Crippen LogP contribution in [0.15, 0.2) is 59.0 Å². The first-order valence-corrected chi connectivity index (χ1v) is 7.71. The van der Waals surface area contributed by atoms with Crippen LogP contribution in [-0.2, 0) is 4.79 Å². The number of carbonyl (C=O) groups is 1. The highest BCUT2D eigenvalue weighted by atomic mass is 16.5. The van der Waals surface area contributed by atoms with E-state index in [2.05, 4.69) is 27.1 Å². The third-order valence-electron chi connectivity index (χ3n) is 3.13. The second-order valence-electron chi connectivity index (χ2n) is 5.35. The minimum atomic E-state index is -0.664. The average Bonchev–Trinajstić information content (AvgIpc) is 2.62. The summed E-state index contributed by atoms with van der Waals surface area (Å²) in [6.45, 7) is 4.82. The van der Waals surface area contributed by atoms with Gasteiger partial charge in [0.15, 0.2) is 11.6 Å². The Morgan fingerprint density at radius 1 is 1.31 bits per heavy atom. The van der Waals surface area contributed by atoms with E-state index in [-0.39, 0.29) is 29.9 Å². The van der Waals surface area contributed by atoms with Crippen molar-refractivity contribution in [3.8, 4) is 5.75 Å².